The summed E-state index contributed by atoms with van der Waals surface area (Å²) in [4.78, 5) is 16.2. The van der Waals surface area contributed by atoms with Gasteiger partial charge in [-0.2, -0.15) is 0 Å². The molecule has 0 saturated heterocycles. The molecular formula is C18H16FN3O2. The van der Waals surface area contributed by atoms with Gasteiger partial charge in [-0.25, -0.2) is 4.39 Å². The smallest absolute Gasteiger partial charge is 0.219 e. The molecule has 24 heavy (non-hydrogen) atoms. The zero-order valence-electron chi connectivity index (χ0n) is 13.1. The minimum absolute atomic E-state index is 0.0180. The third-order valence-corrected chi connectivity index (χ3v) is 4.69. The van der Waals surface area contributed by atoms with Crippen molar-refractivity contribution in [1.29, 1.82) is 0 Å². The molecule has 0 saturated carbocycles. The summed E-state index contributed by atoms with van der Waals surface area (Å²) < 4.78 is 13.3. The van der Waals surface area contributed by atoms with Crippen molar-refractivity contribution in [2.75, 3.05) is 13.6 Å². The van der Waals surface area contributed by atoms with Crippen molar-refractivity contribution in [2.24, 2.45) is 5.18 Å². The summed E-state index contributed by atoms with van der Waals surface area (Å²) in [5.74, 6) is -0.505. The fourth-order valence-electron chi connectivity index (χ4n) is 3.51. The second kappa shape index (κ2) is 5.42. The molecule has 0 atom stereocenters. The highest BCUT2D eigenvalue weighted by Gasteiger charge is 2.24. The molecule has 6 heteroatoms. The molecule has 0 aliphatic carbocycles. The van der Waals surface area contributed by atoms with E-state index in [0.717, 1.165) is 40.7 Å². The van der Waals surface area contributed by atoms with Gasteiger partial charge in [0.2, 0.25) is 5.88 Å². The van der Waals surface area contributed by atoms with Crippen LogP contribution in [-0.4, -0.2) is 28.6 Å². The number of likely N-dealkylation sites (N-methyl/N-ethyl adjacent to an activating group) is 1. The molecule has 1 aromatic heterocycles. The molecule has 3 aromatic rings. The van der Waals surface area contributed by atoms with Crippen LogP contribution in [0.4, 0.5) is 10.1 Å². The Bertz CT molecular complexity index is 947. The first kappa shape index (κ1) is 14.8. The SMILES string of the molecule is CN1CCc2c(-c3ccc(F)cc3)cc3c(N=O)c(O)[nH]c3c2C1. The van der Waals surface area contributed by atoms with Crippen LogP contribution >= 0.6 is 0 Å². The molecule has 122 valence electrons. The van der Waals surface area contributed by atoms with E-state index in [2.05, 4.69) is 15.1 Å². The number of halogens is 1. The number of aromatic nitrogens is 1. The maximum Gasteiger partial charge on any atom is 0.219 e. The first-order chi connectivity index (χ1) is 11.6. The molecule has 0 radical (unpaired) electrons. The van der Waals surface area contributed by atoms with Gasteiger partial charge in [0.1, 0.15) is 5.82 Å². The van der Waals surface area contributed by atoms with Gasteiger partial charge >= 0.3 is 0 Å². The molecule has 0 spiro atoms. The molecule has 1 aliphatic heterocycles. The van der Waals surface area contributed by atoms with E-state index in [4.69, 9.17) is 0 Å². The normalized spacial score (nSPS) is 14.8. The Labute approximate surface area is 137 Å². The Morgan fingerprint density at radius 2 is 2.00 bits per heavy atom. The summed E-state index contributed by atoms with van der Waals surface area (Å²) in [5.41, 5.74) is 4.81. The monoisotopic (exact) mass is 325 g/mol. The van der Waals surface area contributed by atoms with Crippen LogP contribution in [0.3, 0.4) is 0 Å². The first-order valence-corrected chi connectivity index (χ1v) is 7.75. The molecule has 0 unspecified atom stereocenters. The Morgan fingerprint density at radius 3 is 2.71 bits per heavy atom. The van der Waals surface area contributed by atoms with Gasteiger partial charge in [0.15, 0.2) is 5.69 Å². The van der Waals surface area contributed by atoms with E-state index in [1.165, 1.54) is 12.1 Å². The van der Waals surface area contributed by atoms with E-state index < -0.39 is 0 Å². The van der Waals surface area contributed by atoms with Gasteiger partial charge < -0.3 is 15.0 Å². The lowest BCUT2D eigenvalue weighted by molar-refractivity contribution is 0.314. The van der Waals surface area contributed by atoms with E-state index in [0.29, 0.717) is 11.9 Å². The minimum Gasteiger partial charge on any atom is -0.493 e. The summed E-state index contributed by atoms with van der Waals surface area (Å²) in [5, 5.41) is 13.6. The van der Waals surface area contributed by atoms with Gasteiger partial charge in [0, 0.05) is 18.5 Å². The summed E-state index contributed by atoms with van der Waals surface area (Å²) in [6, 6.07) is 8.17. The average Bonchev–Trinajstić information content (AvgIpc) is 2.90. The van der Waals surface area contributed by atoms with Crippen LogP contribution in [0.2, 0.25) is 0 Å². The maximum absolute atomic E-state index is 13.3. The highest BCUT2D eigenvalue weighted by Crippen LogP contribution is 2.42. The Morgan fingerprint density at radius 1 is 1.25 bits per heavy atom. The summed E-state index contributed by atoms with van der Waals surface area (Å²) >= 11 is 0. The molecule has 0 amide bonds. The van der Waals surface area contributed by atoms with Crippen LogP contribution in [-0.2, 0) is 13.0 Å². The number of aromatic hydroxyl groups is 1. The van der Waals surface area contributed by atoms with Crippen LogP contribution < -0.4 is 0 Å². The van der Waals surface area contributed by atoms with Crippen molar-refractivity contribution < 1.29 is 9.50 Å². The van der Waals surface area contributed by atoms with Crippen molar-refractivity contribution in [2.45, 2.75) is 13.0 Å². The number of nitrogens with one attached hydrogen (secondary N) is 1. The number of hydrogen-bond donors (Lipinski definition) is 2. The molecule has 2 N–H and O–H groups in total. The number of rotatable bonds is 2. The Balaban J connectivity index is 2.06. The Hall–Kier alpha value is -2.73. The quantitative estimate of drug-likeness (QED) is 0.698. The van der Waals surface area contributed by atoms with Crippen LogP contribution in [0.15, 0.2) is 35.5 Å². The minimum atomic E-state index is -0.289. The topological polar surface area (TPSA) is 68.7 Å². The molecule has 5 nitrogen and oxygen atoms in total. The van der Waals surface area contributed by atoms with Gasteiger partial charge in [-0.05, 0) is 59.1 Å². The van der Waals surface area contributed by atoms with E-state index >= 15 is 0 Å². The number of hydrogen-bond acceptors (Lipinski definition) is 4. The lowest BCUT2D eigenvalue weighted by Crippen LogP contribution is -2.27. The van der Waals surface area contributed by atoms with E-state index in [1.54, 1.807) is 12.1 Å². The molecule has 0 bridgehead atoms. The number of nitrogens with zero attached hydrogens (tertiary/aromatic N) is 2. The highest BCUT2D eigenvalue weighted by atomic mass is 19.1. The fraction of sp³-hybridized carbons (Fsp3) is 0.222. The van der Waals surface area contributed by atoms with Crippen molar-refractivity contribution in [1.82, 2.24) is 9.88 Å². The second-order valence-corrected chi connectivity index (χ2v) is 6.21. The highest BCUT2D eigenvalue weighted by molar-refractivity contribution is 6.00. The zero-order valence-corrected chi connectivity index (χ0v) is 13.1. The zero-order chi connectivity index (χ0) is 16.8. The number of nitroso groups, excluding NO2 is 1. The van der Waals surface area contributed by atoms with Gasteiger partial charge in [-0.15, -0.1) is 4.91 Å². The average molecular weight is 325 g/mol. The van der Waals surface area contributed by atoms with E-state index in [-0.39, 0.29) is 17.4 Å². The lowest BCUT2D eigenvalue weighted by atomic mass is 9.89. The third-order valence-electron chi connectivity index (χ3n) is 4.69. The Kier molecular flexibility index (Phi) is 3.35. The largest absolute Gasteiger partial charge is 0.493 e. The molecule has 4 rings (SSSR count). The second-order valence-electron chi connectivity index (χ2n) is 6.21. The number of H-pyrrole nitrogens is 1. The van der Waals surface area contributed by atoms with Crippen molar-refractivity contribution in [3.05, 3.63) is 52.2 Å². The third kappa shape index (κ3) is 2.18. The maximum atomic E-state index is 13.3. The standard InChI is InChI=1S/C18H16FN3O2/c1-22-7-6-12-13(10-2-4-11(19)5-3-10)8-14-16(15(12)9-22)20-18(23)17(14)21-24/h2-5,8,20,23H,6-7,9H2,1H3. The number of aromatic amines is 1. The molecular weight excluding hydrogens is 309 g/mol. The van der Waals surface area contributed by atoms with Crippen molar-refractivity contribution in [3.8, 4) is 17.0 Å². The van der Waals surface area contributed by atoms with Crippen LogP contribution in [0, 0.1) is 10.7 Å². The van der Waals surface area contributed by atoms with Crippen molar-refractivity contribution >= 4 is 16.6 Å². The predicted octanol–water partition coefficient (Wildman–Crippen LogP) is 4.07. The molecule has 1 aliphatic rings. The fourth-order valence-corrected chi connectivity index (χ4v) is 3.51. The van der Waals surface area contributed by atoms with Gasteiger partial charge in [0.05, 0.1) is 5.52 Å². The summed E-state index contributed by atoms with van der Waals surface area (Å²) in [6.45, 7) is 1.62. The van der Waals surface area contributed by atoms with Gasteiger partial charge in [-0.1, -0.05) is 12.1 Å². The summed E-state index contributed by atoms with van der Waals surface area (Å²) in [7, 11) is 2.03. The van der Waals surface area contributed by atoms with Crippen LogP contribution in [0.1, 0.15) is 11.1 Å². The van der Waals surface area contributed by atoms with Crippen molar-refractivity contribution in [3.63, 3.8) is 0 Å². The summed E-state index contributed by atoms with van der Waals surface area (Å²) in [6.07, 6.45) is 0.845. The number of fused-ring (bicyclic) bond motifs is 3. The van der Waals surface area contributed by atoms with Gasteiger partial charge in [-0.3, -0.25) is 0 Å². The van der Waals surface area contributed by atoms with E-state index in [9.17, 15) is 14.4 Å². The van der Waals surface area contributed by atoms with Crippen LogP contribution in [0.25, 0.3) is 22.0 Å². The predicted molar refractivity (Wildman–Crippen MR) is 90.9 cm³/mol. The van der Waals surface area contributed by atoms with E-state index in [1.807, 2.05) is 13.1 Å². The lowest BCUT2D eigenvalue weighted by Gasteiger charge is -2.27. The molecule has 0 fully saturated rings. The number of benzene rings is 2. The molecule has 2 aromatic carbocycles. The van der Waals surface area contributed by atoms with Crippen LogP contribution in [0.5, 0.6) is 5.88 Å². The molecule has 2 heterocycles. The van der Waals surface area contributed by atoms with Gasteiger partial charge in [0.25, 0.3) is 0 Å². The first-order valence-electron chi connectivity index (χ1n) is 7.75.